The molecule has 1 atom stereocenters. The Morgan fingerprint density at radius 2 is 1.89 bits per heavy atom. The number of amides is 1. The summed E-state index contributed by atoms with van der Waals surface area (Å²) >= 11 is 5.65. The fourth-order valence-corrected chi connectivity index (χ4v) is 1.67. The van der Waals surface area contributed by atoms with E-state index in [1.54, 1.807) is 0 Å². The van der Waals surface area contributed by atoms with Crippen molar-refractivity contribution >= 4 is 25.1 Å². The van der Waals surface area contributed by atoms with Crippen molar-refractivity contribution in [1.29, 1.82) is 0 Å². The molecule has 1 aromatic rings. The molecule has 1 aromatic carbocycles. The molecule has 100 valence electrons. The van der Waals surface area contributed by atoms with E-state index >= 15 is 0 Å². The summed E-state index contributed by atoms with van der Waals surface area (Å²) in [5, 5.41) is 10.2. The summed E-state index contributed by atoms with van der Waals surface area (Å²) in [6.07, 6.45) is 0. The maximum absolute atomic E-state index is 11.7. The SMILES string of the molecule is CC(CN(O)C(=O)c1ccc(Cl)cc1)P(=O)(O)O. The van der Waals surface area contributed by atoms with Crippen LogP contribution in [0, 0.1) is 0 Å². The Hall–Kier alpha value is -0.910. The summed E-state index contributed by atoms with van der Waals surface area (Å²) in [6.45, 7) is 0.797. The average molecular weight is 294 g/mol. The van der Waals surface area contributed by atoms with Crippen LogP contribution in [0.15, 0.2) is 24.3 Å². The lowest BCUT2D eigenvalue weighted by Gasteiger charge is -2.20. The minimum absolute atomic E-state index is 0.180. The molecule has 1 rings (SSSR count). The number of hydrogen-bond donors (Lipinski definition) is 3. The Bertz CT molecular complexity index is 472. The molecular formula is C10H13ClNO5P. The first-order chi connectivity index (χ1) is 8.21. The van der Waals surface area contributed by atoms with E-state index in [1.807, 2.05) is 0 Å². The fourth-order valence-electron chi connectivity index (χ4n) is 1.18. The Kier molecular flexibility index (Phi) is 4.90. The number of carbonyl (C=O) groups is 1. The van der Waals surface area contributed by atoms with Crippen molar-refractivity contribution in [2.45, 2.75) is 12.6 Å². The number of carbonyl (C=O) groups excluding carboxylic acids is 1. The van der Waals surface area contributed by atoms with Gasteiger partial charge in [0.25, 0.3) is 5.91 Å². The second-order valence-corrected chi connectivity index (χ2v) is 6.33. The standard InChI is InChI=1S/C10H13ClNO5P/c1-7(18(15,16)17)6-12(14)10(13)8-2-4-9(11)5-3-8/h2-5,7,14H,6H2,1H3,(H2,15,16,17). The van der Waals surface area contributed by atoms with Gasteiger partial charge in [0.1, 0.15) is 0 Å². The molecule has 0 aromatic heterocycles. The van der Waals surface area contributed by atoms with E-state index in [2.05, 4.69) is 0 Å². The molecule has 0 saturated carbocycles. The smallest absolute Gasteiger partial charge is 0.324 e. The minimum Gasteiger partial charge on any atom is -0.324 e. The maximum Gasteiger partial charge on any atom is 0.330 e. The molecule has 0 saturated heterocycles. The first kappa shape index (κ1) is 15.1. The van der Waals surface area contributed by atoms with Crippen LogP contribution in [0.1, 0.15) is 17.3 Å². The maximum atomic E-state index is 11.7. The van der Waals surface area contributed by atoms with Crippen LogP contribution in [0.4, 0.5) is 0 Å². The molecule has 18 heavy (non-hydrogen) atoms. The Morgan fingerprint density at radius 3 is 2.33 bits per heavy atom. The van der Waals surface area contributed by atoms with Gasteiger partial charge < -0.3 is 9.79 Å². The van der Waals surface area contributed by atoms with Crippen LogP contribution in [0.5, 0.6) is 0 Å². The summed E-state index contributed by atoms with van der Waals surface area (Å²) in [5.41, 5.74) is -0.960. The van der Waals surface area contributed by atoms with Gasteiger partial charge >= 0.3 is 7.60 Å². The van der Waals surface area contributed by atoms with E-state index in [0.717, 1.165) is 0 Å². The molecule has 0 aliphatic carbocycles. The topological polar surface area (TPSA) is 98.1 Å². The van der Waals surface area contributed by atoms with E-state index in [9.17, 15) is 14.6 Å². The molecule has 0 bridgehead atoms. The second-order valence-electron chi connectivity index (χ2n) is 3.83. The molecule has 0 aliphatic heterocycles. The van der Waals surface area contributed by atoms with Gasteiger partial charge in [0.05, 0.1) is 12.2 Å². The molecule has 0 spiro atoms. The van der Waals surface area contributed by atoms with Crippen molar-refractivity contribution in [3.8, 4) is 0 Å². The Balaban J connectivity index is 2.73. The average Bonchev–Trinajstić information content (AvgIpc) is 2.27. The molecule has 3 N–H and O–H groups in total. The predicted molar refractivity (Wildman–Crippen MR) is 65.8 cm³/mol. The summed E-state index contributed by atoms with van der Waals surface area (Å²) in [4.78, 5) is 29.4. The zero-order chi connectivity index (χ0) is 13.9. The summed E-state index contributed by atoms with van der Waals surface area (Å²) in [7, 11) is -4.32. The lowest BCUT2D eigenvalue weighted by molar-refractivity contribution is -0.0580. The van der Waals surface area contributed by atoms with Crippen LogP contribution in [-0.4, -0.2) is 38.2 Å². The quantitative estimate of drug-likeness (QED) is 0.446. The first-order valence-corrected chi connectivity index (χ1v) is 7.09. The monoisotopic (exact) mass is 293 g/mol. The van der Waals surface area contributed by atoms with Crippen molar-refractivity contribution in [3.05, 3.63) is 34.9 Å². The number of benzene rings is 1. The van der Waals surface area contributed by atoms with Gasteiger partial charge in [0, 0.05) is 10.6 Å². The van der Waals surface area contributed by atoms with Gasteiger partial charge in [0.2, 0.25) is 0 Å². The van der Waals surface area contributed by atoms with Crippen LogP contribution in [0.2, 0.25) is 5.02 Å². The summed E-state index contributed by atoms with van der Waals surface area (Å²) < 4.78 is 10.9. The molecule has 0 heterocycles. The van der Waals surface area contributed by atoms with Gasteiger partial charge in [-0.15, -0.1) is 0 Å². The number of hydrogen-bond acceptors (Lipinski definition) is 3. The van der Waals surface area contributed by atoms with Gasteiger partial charge in [-0.25, -0.2) is 5.06 Å². The number of rotatable bonds is 4. The van der Waals surface area contributed by atoms with E-state index < -0.39 is 25.7 Å². The van der Waals surface area contributed by atoms with Crippen molar-refractivity contribution in [2.75, 3.05) is 6.54 Å². The third kappa shape index (κ3) is 4.08. The van der Waals surface area contributed by atoms with Crippen molar-refractivity contribution in [1.82, 2.24) is 5.06 Å². The van der Waals surface area contributed by atoms with Crippen LogP contribution in [-0.2, 0) is 4.57 Å². The third-order valence-corrected chi connectivity index (χ3v) is 3.90. The van der Waals surface area contributed by atoms with Gasteiger partial charge in [-0.05, 0) is 31.2 Å². The predicted octanol–water partition coefficient (Wildman–Crippen LogP) is 1.74. The second kappa shape index (κ2) is 5.82. The van der Waals surface area contributed by atoms with E-state index in [0.29, 0.717) is 5.02 Å². The molecule has 1 unspecified atom stereocenters. The summed E-state index contributed by atoms with van der Waals surface area (Å²) in [5.74, 6) is -0.744. The molecule has 0 aliphatic rings. The minimum atomic E-state index is -4.32. The summed E-state index contributed by atoms with van der Waals surface area (Å²) in [6, 6.07) is 5.79. The molecule has 1 amide bonds. The third-order valence-electron chi connectivity index (χ3n) is 2.34. The van der Waals surface area contributed by atoms with E-state index in [1.165, 1.54) is 31.2 Å². The van der Waals surface area contributed by atoms with E-state index in [4.69, 9.17) is 21.4 Å². The Morgan fingerprint density at radius 1 is 1.39 bits per heavy atom. The van der Waals surface area contributed by atoms with Crippen molar-refractivity contribution in [3.63, 3.8) is 0 Å². The van der Waals surface area contributed by atoms with E-state index in [-0.39, 0.29) is 10.6 Å². The van der Waals surface area contributed by atoms with Crippen molar-refractivity contribution in [2.24, 2.45) is 0 Å². The van der Waals surface area contributed by atoms with Gasteiger partial charge in [-0.2, -0.15) is 0 Å². The van der Waals surface area contributed by atoms with Crippen LogP contribution in [0.3, 0.4) is 0 Å². The Labute approximate surface area is 109 Å². The molecule has 8 heteroatoms. The molecular weight excluding hydrogens is 281 g/mol. The van der Waals surface area contributed by atoms with Crippen molar-refractivity contribution < 1.29 is 24.4 Å². The van der Waals surface area contributed by atoms with Gasteiger partial charge in [-0.3, -0.25) is 14.6 Å². The van der Waals surface area contributed by atoms with Gasteiger partial charge in [0.15, 0.2) is 0 Å². The molecule has 0 radical (unpaired) electrons. The zero-order valence-corrected chi connectivity index (χ0v) is 11.2. The van der Waals surface area contributed by atoms with Crippen LogP contribution in [0.25, 0.3) is 0 Å². The van der Waals surface area contributed by atoms with Gasteiger partial charge in [-0.1, -0.05) is 11.6 Å². The lowest BCUT2D eigenvalue weighted by Crippen LogP contribution is -2.33. The highest BCUT2D eigenvalue weighted by atomic mass is 35.5. The fraction of sp³-hybridized carbons (Fsp3) is 0.300. The van der Waals surface area contributed by atoms with Crippen LogP contribution < -0.4 is 0 Å². The highest BCUT2D eigenvalue weighted by Gasteiger charge is 2.28. The largest absolute Gasteiger partial charge is 0.330 e. The number of hydroxylamine groups is 2. The number of nitrogens with zero attached hydrogens (tertiary/aromatic N) is 1. The number of halogens is 1. The highest BCUT2D eigenvalue weighted by molar-refractivity contribution is 7.52. The lowest BCUT2D eigenvalue weighted by atomic mass is 10.2. The zero-order valence-electron chi connectivity index (χ0n) is 9.52. The normalized spacial score (nSPS) is 13.2. The molecule has 6 nitrogen and oxygen atoms in total. The highest BCUT2D eigenvalue weighted by Crippen LogP contribution is 2.40. The van der Waals surface area contributed by atoms with Crippen LogP contribution >= 0.6 is 19.2 Å². The molecule has 0 fully saturated rings. The first-order valence-electron chi connectivity index (χ1n) is 5.03.